The lowest BCUT2D eigenvalue weighted by molar-refractivity contribution is 0.0845. The maximum Gasteiger partial charge on any atom is 0.102 e. The summed E-state index contributed by atoms with van der Waals surface area (Å²) in [7, 11) is 0. The van der Waals surface area contributed by atoms with E-state index >= 15 is 0 Å². The molecule has 2 aliphatic rings. The van der Waals surface area contributed by atoms with Gasteiger partial charge in [0, 0.05) is 5.92 Å². The summed E-state index contributed by atoms with van der Waals surface area (Å²) in [5.41, 5.74) is 1.09. The minimum Gasteiger partial charge on any atom is -0.498 e. The van der Waals surface area contributed by atoms with Crippen LogP contribution in [0, 0.1) is 18.3 Å². The lowest BCUT2D eigenvalue weighted by Crippen LogP contribution is -2.28. The van der Waals surface area contributed by atoms with Gasteiger partial charge in [-0.2, -0.15) is 0 Å². The number of aliphatic hydroxyl groups excluding tert-OH is 1. The number of ether oxygens (including phenoxy) is 1. The van der Waals surface area contributed by atoms with E-state index < -0.39 is 0 Å². The minimum atomic E-state index is 0.152. The maximum atomic E-state index is 9.05. The van der Waals surface area contributed by atoms with E-state index in [2.05, 4.69) is 6.42 Å². The van der Waals surface area contributed by atoms with E-state index in [1.54, 1.807) is 6.26 Å². The van der Waals surface area contributed by atoms with Crippen molar-refractivity contribution in [2.75, 3.05) is 6.61 Å². The van der Waals surface area contributed by atoms with E-state index in [1.807, 2.05) is 19.1 Å². The molecular weight excluding hydrogens is 152 g/mol. The molecular formula is C10H13O2. The number of hydrogen-bond donors (Lipinski definition) is 1. The Labute approximate surface area is 72.5 Å². The third-order valence-corrected chi connectivity index (χ3v) is 2.66. The van der Waals surface area contributed by atoms with Gasteiger partial charge in [-0.05, 0) is 30.9 Å². The molecule has 0 aromatic heterocycles. The van der Waals surface area contributed by atoms with Gasteiger partial charge in [0.1, 0.15) is 6.10 Å². The summed E-state index contributed by atoms with van der Waals surface area (Å²) in [6, 6.07) is 0. The number of rotatable bonds is 1. The Hall–Kier alpha value is -0.760. The van der Waals surface area contributed by atoms with E-state index in [9.17, 15) is 0 Å². The maximum absolute atomic E-state index is 9.05. The zero-order chi connectivity index (χ0) is 8.55. The molecule has 0 bridgehead atoms. The largest absolute Gasteiger partial charge is 0.498 e. The predicted molar refractivity (Wildman–Crippen MR) is 46.1 cm³/mol. The molecule has 65 valence electrons. The molecule has 1 radical (unpaired) electrons. The highest BCUT2D eigenvalue weighted by atomic mass is 16.5. The predicted octanol–water partition coefficient (Wildman–Crippen LogP) is 1.29. The SMILES string of the molecule is C[C@@H]1OC=C[C@H]2[CH]C=C(CO)[C@H]21. The first-order valence-corrected chi connectivity index (χ1v) is 4.30. The molecule has 3 atom stereocenters. The minimum absolute atomic E-state index is 0.152. The van der Waals surface area contributed by atoms with E-state index in [-0.39, 0.29) is 12.7 Å². The first kappa shape index (κ1) is 7.87. The molecule has 1 aliphatic carbocycles. The summed E-state index contributed by atoms with van der Waals surface area (Å²) in [4.78, 5) is 0. The highest BCUT2D eigenvalue weighted by Crippen LogP contribution is 2.37. The van der Waals surface area contributed by atoms with Crippen LogP contribution in [-0.4, -0.2) is 17.8 Å². The fourth-order valence-electron chi connectivity index (χ4n) is 2.01. The molecule has 1 heterocycles. The van der Waals surface area contributed by atoms with Gasteiger partial charge in [-0.15, -0.1) is 0 Å². The highest BCUT2D eigenvalue weighted by molar-refractivity contribution is 5.29. The molecule has 0 fully saturated rings. The summed E-state index contributed by atoms with van der Waals surface area (Å²) in [6.07, 6.45) is 8.15. The van der Waals surface area contributed by atoms with Crippen LogP contribution in [0.15, 0.2) is 24.0 Å². The smallest absolute Gasteiger partial charge is 0.102 e. The number of fused-ring (bicyclic) bond motifs is 1. The molecule has 1 N–H and O–H groups in total. The van der Waals surface area contributed by atoms with Gasteiger partial charge in [0.15, 0.2) is 0 Å². The van der Waals surface area contributed by atoms with Crippen molar-refractivity contribution < 1.29 is 9.84 Å². The quantitative estimate of drug-likeness (QED) is 0.634. The molecule has 2 rings (SSSR count). The van der Waals surface area contributed by atoms with Crippen molar-refractivity contribution >= 4 is 0 Å². The van der Waals surface area contributed by atoms with Gasteiger partial charge in [0.2, 0.25) is 0 Å². The topological polar surface area (TPSA) is 29.5 Å². The second-order valence-electron chi connectivity index (χ2n) is 3.37. The Morgan fingerprint density at radius 2 is 2.42 bits per heavy atom. The van der Waals surface area contributed by atoms with Gasteiger partial charge in [-0.3, -0.25) is 0 Å². The average Bonchev–Trinajstić information content (AvgIpc) is 2.49. The Bertz CT molecular complexity index is 230. The van der Waals surface area contributed by atoms with Crippen molar-refractivity contribution in [3.8, 4) is 0 Å². The first-order valence-electron chi connectivity index (χ1n) is 4.30. The molecule has 1 aliphatic heterocycles. The van der Waals surface area contributed by atoms with Crippen LogP contribution in [0.1, 0.15) is 6.92 Å². The van der Waals surface area contributed by atoms with Crippen LogP contribution in [0.3, 0.4) is 0 Å². The van der Waals surface area contributed by atoms with E-state index in [1.165, 1.54) is 0 Å². The van der Waals surface area contributed by atoms with E-state index in [0.29, 0.717) is 11.8 Å². The van der Waals surface area contributed by atoms with Gasteiger partial charge in [0.05, 0.1) is 12.9 Å². The summed E-state index contributed by atoms with van der Waals surface area (Å²) in [5, 5.41) is 9.05. The monoisotopic (exact) mass is 165 g/mol. The Morgan fingerprint density at radius 1 is 1.58 bits per heavy atom. The Balaban J connectivity index is 2.20. The van der Waals surface area contributed by atoms with E-state index in [0.717, 1.165) is 5.57 Å². The molecule has 0 amide bonds. The Kier molecular flexibility index (Phi) is 1.93. The van der Waals surface area contributed by atoms with Crippen LogP contribution in [-0.2, 0) is 4.74 Å². The van der Waals surface area contributed by atoms with Crippen molar-refractivity contribution in [2.45, 2.75) is 13.0 Å². The molecule has 0 aromatic rings. The lowest BCUT2D eigenvalue weighted by Gasteiger charge is -2.29. The Morgan fingerprint density at radius 3 is 3.17 bits per heavy atom. The summed E-state index contributed by atoms with van der Waals surface area (Å²) in [5.74, 6) is 0.802. The van der Waals surface area contributed by atoms with Crippen LogP contribution in [0.2, 0.25) is 0 Å². The van der Waals surface area contributed by atoms with E-state index in [4.69, 9.17) is 9.84 Å². The molecule has 0 spiro atoms. The molecule has 0 aromatic carbocycles. The van der Waals surface area contributed by atoms with Crippen LogP contribution < -0.4 is 0 Å². The fraction of sp³-hybridized carbons (Fsp3) is 0.500. The number of allylic oxidation sites excluding steroid dienone is 2. The standard InChI is InChI=1S/C10H13O2/c1-7-10-8(4-5-12-7)2-3-9(10)6-11/h2-5,7-8,10-11H,6H2,1H3/t7-,8+,10-/m0/s1. The van der Waals surface area contributed by atoms with Crippen molar-refractivity contribution in [1.29, 1.82) is 0 Å². The van der Waals surface area contributed by atoms with Gasteiger partial charge < -0.3 is 9.84 Å². The normalized spacial score (nSPS) is 38.8. The third kappa shape index (κ3) is 1.07. The van der Waals surface area contributed by atoms with Crippen LogP contribution in [0.5, 0.6) is 0 Å². The van der Waals surface area contributed by atoms with Gasteiger partial charge in [-0.25, -0.2) is 0 Å². The van der Waals surface area contributed by atoms with Crippen molar-refractivity contribution in [3.05, 3.63) is 30.4 Å². The molecule has 0 unspecified atom stereocenters. The summed E-state index contributed by atoms with van der Waals surface area (Å²) in [6.45, 7) is 2.20. The van der Waals surface area contributed by atoms with Gasteiger partial charge in [-0.1, -0.05) is 6.08 Å². The third-order valence-electron chi connectivity index (χ3n) is 2.66. The zero-order valence-corrected chi connectivity index (χ0v) is 7.10. The molecule has 0 saturated carbocycles. The van der Waals surface area contributed by atoms with Crippen molar-refractivity contribution in [2.24, 2.45) is 11.8 Å². The van der Waals surface area contributed by atoms with Crippen LogP contribution in [0.4, 0.5) is 0 Å². The molecule has 12 heavy (non-hydrogen) atoms. The number of aliphatic hydroxyl groups is 1. The first-order chi connectivity index (χ1) is 5.83. The van der Waals surface area contributed by atoms with Gasteiger partial charge in [0.25, 0.3) is 0 Å². The highest BCUT2D eigenvalue weighted by Gasteiger charge is 2.35. The molecule has 2 heteroatoms. The van der Waals surface area contributed by atoms with Crippen LogP contribution in [0.25, 0.3) is 0 Å². The second-order valence-corrected chi connectivity index (χ2v) is 3.37. The zero-order valence-electron chi connectivity index (χ0n) is 7.10. The fourth-order valence-corrected chi connectivity index (χ4v) is 2.01. The van der Waals surface area contributed by atoms with Crippen molar-refractivity contribution in [1.82, 2.24) is 0 Å². The second kappa shape index (κ2) is 2.94. The van der Waals surface area contributed by atoms with Crippen LogP contribution >= 0.6 is 0 Å². The van der Waals surface area contributed by atoms with Crippen molar-refractivity contribution in [3.63, 3.8) is 0 Å². The lowest BCUT2D eigenvalue weighted by atomic mass is 9.86. The molecule has 2 nitrogen and oxygen atoms in total. The summed E-state index contributed by atoms with van der Waals surface area (Å²) >= 11 is 0. The molecule has 0 saturated heterocycles. The average molecular weight is 165 g/mol. The number of hydrogen-bond acceptors (Lipinski definition) is 2. The van der Waals surface area contributed by atoms with Gasteiger partial charge >= 0.3 is 0 Å². The summed E-state index contributed by atoms with van der Waals surface area (Å²) < 4.78 is 5.37.